The summed E-state index contributed by atoms with van der Waals surface area (Å²) in [6.45, 7) is 18.8. The van der Waals surface area contributed by atoms with Gasteiger partial charge >= 0.3 is 0 Å². The Morgan fingerprint density at radius 2 is 0.600 bits per heavy atom. The first-order valence-corrected chi connectivity index (χ1v) is 16.0. The van der Waals surface area contributed by atoms with Crippen molar-refractivity contribution < 1.29 is 9.03 Å². The van der Waals surface area contributed by atoms with Crippen LogP contribution in [0.4, 0.5) is 0 Å². The molecule has 0 aliphatic heterocycles. The Kier molecular flexibility index (Phi) is 5.79. The molecule has 0 aliphatic rings. The predicted octanol–water partition coefficient (Wildman–Crippen LogP) is 7.35. The van der Waals surface area contributed by atoms with Crippen molar-refractivity contribution in [1.82, 2.24) is 9.03 Å². The second-order valence-corrected chi connectivity index (χ2v) is 11.6. The molecular weight excluding hydrogens is 488 g/mol. The first-order valence-electron chi connectivity index (χ1n) is 16.0. The Balaban J connectivity index is 2.09. The Morgan fingerprint density at radius 3 is 0.875 bits per heavy atom. The molecular formula is C36H44N4+2. The van der Waals surface area contributed by atoms with E-state index in [0.717, 1.165) is 51.4 Å². The third-order valence-electron chi connectivity index (χ3n) is 10.1. The lowest BCUT2D eigenvalue weighted by Gasteiger charge is -1.99. The van der Waals surface area contributed by atoms with Gasteiger partial charge < -0.3 is 0 Å². The van der Waals surface area contributed by atoms with Crippen molar-refractivity contribution in [3.05, 3.63) is 68.8 Å². The van der Waals surface area contributed by atoms with Gasteiger partial charge in [-0.1, -0.05) is 64.4 Å². The highest BCUT2D eigenvalue weighted by molar-refractivity contribution is 5.85. The molecule has 0 saturated carbocycles. The van der Waals surface area contributed by atoms with Gasteiger partial charge in [0, 0.05) is 34.4 Å². The van der Waals surface area contributed by atoms with Gasteiger partial charge in [-0.05, 0) is 79.7 Å². The maximum atomic E-state index is 2.62. The average Bonchev–Trinajstić information content (AvgIpc) is 3.66. The standard InChI is InChI=1S/C36H44N4/c1-9-21-22(10-2)30-18-32-25(13-5)28(16-8)36-20-34-27(15-7)26(14-6)33-19-35-24(12-4)23(11-3)31(39(35)40(32)36)17-29(21)37(30)38(33)34/h17-20H,9-16H2,1-8H3/q+2. The number of rotatable bonds is 8. The zero-order valence-corrected chi connectivity index (χ0v) is 25.8. The molecule has 4 nitrogen and oxygen atoms in total. The lowest BCUT2D eigenvalue weighted by atomic mass is 10.0. The van der Waals surface area contributed by atoms with Crippen molar-refractivity contribution in [3.63, 3.8) is 0 Å². The fourth-order valence-electron chi connectivity index (χ4n) is 8.50. The molecule has 0 aliphatic carbocycles. The second kappa shape index (κ2) is 9.06. The summed E-state index contributed by atoms with van der Waals surface area (Å²) in [6, 6.07) is 10.2. The van der Waals surface area contributed by atoms with Crippen LogP contribution in [-0.2, 0) is 51.4 Å². The average molecular weight is 533 g/mol. The van der Waals surface area contributed by atoms with Gasteiger partial charge in [-0.2, -0.15) is 0 Å². The molecule has 0 radical (unpaired) electrons. The van der Waals surface area contributed by atoms with Gasteiger partial charge in [0.05, 0.1) is 6.07 Å². The summed E-state index contributed by atoms with van der Waals surface area (Å²) in [4.78, 5) is 0. The Hall–Kier alpha value is -3.40. The minimum absolute atomic E-state index is 1.03. The Bertz CT molecular complexity index is 1650. The van der Waals surface area contributed by atoms with Gasteiger partial charge in [0.2, 0.25) is 22.1 Å². The topological polar surface area (TPSA) is 17.0 Å². The molecule has 8 aromatic heterocycles. The maximum absolute atomic E-state index is 2.62. The molecule has 4 heteroatoms. The van der Waals surface area contributed by atoms with Crippen molar-refractivity contribution in [3.8, 4) is 0 Å². The summed E-state index contributed by atoms with van der Waals surface area (Å²) in [6.07, 6.45) is 8.27. The van der Waals surface area contributed by atoms with Crippen LogP contribution in [0.1, 0.15) is 99.9 Å². The van der Waals surface area contributed by atoms with Gasteiger partial charge in [0.15, 0.2) is 0 Å². The molecule has 0 saturated heterocycles. The number of hydrogen-bond acceptors (Lipinski definition) is 0. The maximum Gasteiger partial charge on any atom is 0.247 e. The third kappa shape index (κ3) is 2.87. The van der Waals surface area contributed by atoms with E-state index in [9.17, 15) is 0 Å². The Labute approximate surface area is 237 Å². The number of aromatic nitrogens is 4. The third-order valence-corrected chi connectivity index (χ3v) is 10.1. The van der Waals surface area contributed by atoms with Crippen LogP contribution in [0.15, 0.2) is 24.3 Å². The van der Waals surface area contributed by atoms with E-state index in [4.69, 9.17) is 0 Å². The van der Waals surface area contributed by atoms with Crippen LogP contribution >= 0.6 is 0 Å². The van der Waals surface area contributed by atoms with E-state index in [1.54, 1.807) is 0 Å². The van der Waals surface area contributed by atoms with E-state index >= 15 is 0 Å². The quantitative estimate of drug-likeness (QED) is 0.182. The normalized spacial score (nSPS) is 12.8. The van der Waals surface area contributed by atoms with Crippen LogP contribution in [0.5, 0.6) is 0 Å². The molecule has 0 unspecified atom stereocenters. The van der Waals surface area contributed by atoms with Crippen molar-refractivity contribution in [2.24, 2.45) is 0 Å². The van der Waals surface area contributed by atoms with E-state index in [1.807, 2.05) is 0 Å². The zero-order valence-electron chi connectivity index (χ0n) is 25.8. The molecule has 8 rings (SSSR count). The number of aryl methyl sites for hydroxylation is 8. The van der Waals surface area contributed by atoms with E-state index < -0.39 is 0 Å². The van der Waals surface area contributed by atoms with Gasteiger partial charge in [0.25, 0.3) is 0 Å². The molecule has 12 bridgehead atoms. The fourth-order valence-corrected chi connectivity index (χ4v) is 8.50. The molecule has 8 heterocycles. The highest BCUT2D eigenvalue weighted by atomic mass is 15.3. The second-order valence-electron chi connectivity index (χ2n) is 11.6. The van der Waals surface area contributed by atoms with Crippen LogP contribution in [0.25, 0.3) is 44.1 Å². The zero-order chi connectivity index (χ0) is 28.0. The minimum Gasteiger partial charge on any atom is -0.114 e. The lowest BCUT2D eigenvalue weighted by molar-refractivity contribution is -0.562. The number of hydrogen-bond donors (Lipinski definition) is 0. The van der Waals surface area contributed by atoms with Crippen molar-refractivity contribution in [2.75, 3.05) is 0 Å². The summed E-state index contributed by atoms with van der Waals surface area (Å²) >= 11 is 0. The monoisotopic (exact) mass is 532 g/mol. The molecule has 0 atom stereocenters. The summed E-state index contributed by atoms with van der Waals surface area (Å²) in [5, 5.41) is 0. The van der Waals surface area contributed by atoms with Crippen molar-refractivity contribution in [2.45, 2.75) is 107 Å². The van der Waals surface area contributed by atoms with Crippen molar-refractivity contribution >= 4 is 44.1 Å². The summed E-state index contributed by atoms with van der Waals surface area (Å²) in [5.74, 6) is 0. The van der Waals surface area contributed by atoms with E-state index in [0.29, 0.717) is 0 Å². The molecule has 0 spiro atoms. The van der Waals surface area contributed by atoms with E-state index in [-0.39, 0.29) is 0 Å². The van der Waals surface area contributed by atoms with E-state index in [1.165, 1.54) is 88.6 Å². The predicted molar refractivity (Wildman–Crippen MR) is 167 cm³/mol. The molecule has 0 N–H and O–H groups in total. The first-order chi connectivity index (χ1) is 19.5. The van der Waals surface area contributed by atoms with Crippen LogP contribution in [0, 0.1) is 0 Å². The Morgan fingerprint density at radius 1 is 0.350 bits per heavy atom. The molecule has 8 aromatic rings. The van der Waals surface area contributed by atoms with Gasteiger partial charge in [-0.25, -0.2) is 0 Å². The van der Waals surface area contributed by atoms with Crippen LogP contribution in [0.3, 0.4) is 0 Å². The summed E-state index contributed by atoms with van der Waals surface area (Å²) in [5.41, 5.74) is 22.9. The van der Waals surface area contributed by atoms with Gasteiger partial charge in [-0.3, -0.25) is 0 Å². The van der Waals surface area contributed by atoms with Crippen molar-refractivity contribution in [1.29, 1.82) is 0 Å². The molecule has 0 fully saturated rings. The highest BCUT2D eigenvalue weighted by Gasteiger charge is 2.34. The first kappa shape index (κ1) is 25.6. The highest BCUT2D eigenvalue weighted by Crippen LogP contribution is 2.35. The molecule has 0 amide bonds. The van der Waals surface area contributed by atoms with Crippen LogP contribution in [0.2, 0.25) is 0 Å². The fraction of sp³-hybridized carbons (Fsp3) is 0.444. The smallest absolute Gasteiger partial charge is 0.114 e. The van der Waals surface area contributed by atoms with Crippen LogP contribution in [-0.4, -0.2) is 9.03 Å². The summed E-state index contributed by atoms with van der Waals surface area (Å²) in [7, 11) is 0. The molecule has 40 heavy (non-hydrogen) atoms. The number of nitrogens with zero attached hydrogens (tertiary/aromatic N) is 4. The van der Waals surface area contributed by atoms with Gasteiger partial charge in [-0.15, -0.1) is 9.03 Å². The largest absolute Gasteiger partial charge is 0.247 e. The van der Waals surface area contributed by atoms with Crippen LogP contribution < -0.4 is 9.03 Å². The minimum atomic E-state index is 1.03. The molecule has 206 valence electrons. The lowest BCUT2D eigenvalue weighted by Crippen LogP contribution is -2.29. The van der Waals surface area contributed by atoms with Gasteiger partial charge in [0.1, 0.15) is 22.1 Å². The van der Waals surface area contributed by atoms with E-state index in [2.05, 4.69) is 97.7 Å². The summed E-state index contributed by atoms with van der Waals surface area (Å²) < 4.78 is 10.5. The molecule has 0 aromatic carbocycles. The SMILES string of the molecule is CCc1c(CC)c2cc3c(CC)c(CC)c4cc5c(CC)c(CC)c6cc7c(CC)c(CC)c(cc1n2[n+]65)n7[n+]34.